The number of carboxylic acids is 1. The summed E-state index contributed by atoms with van der Waals surface area (Å²) in [4.78, 5) is 10.4. The van der Waals surface area contributed by atoms with Gasteiger partial charge in [-0.05, 0) is 13.0 Å². The summed E-state index contributed by atoms with van der Waals surface area (Å²) in [7, 11) is 1.55. The third-order valence-corrected chi connectivity index (χ3v) is 1.53. The van der Waals surface area contributed by atoms with Crippen LogP contribution in [-0.2, 0) is 11.3 Å². The van der Waals surface area contributed by atoms with Crippen LogP contribution < -0.4 is 0 Å². The van der Waals surface area contributed by atoms with Crippen molar-refractivity contribution in [3.8, 4) is 0 Å². The van der Waals surface area contributed by atoms with Crippen LogP contribution in [0.15, 0.2) is 10.5 Å². The Morgan fingerprint density at radius 1 is 1.75 bits per heavy atom. The van der Waals surface area contributed by atoms with Crippen LogP contribution in [0.4, 0.5) is 0 Å². The molecule has 4 nitrogen and oxygen atoms in total. The summed E-state index contributed by atoms with van der Waals surface area (Å²) in [6.45, 7) is 2.09. The van der Waals surface area contributed by atoms with Crippen molar-refractivity contribution >= 4 is 5.97 Å². The fraction of sp³-hybridized carbons (Fsp3) is 0.375. The maximum Gasteiger partial charge on any atom is 0.371 e. The normalized spacial score (nSPS) is 10.2. The molecular weight excluding hydrogens is 160 g/mol. The van der Waals surface area contributed by atoms with Crippen LogP contribution >= 0.6 is 0 Å². The van der Waals surface area contributed by atoms with Gasteiger partial charge >= 0.3 is 5.97 Å². The van der Waals surface area contributed by atoms with Gasteiger partial charge in [-0.15, -0.1) is 0 Å². The number of carboxylic acid groups (broad SMARTS) is 1. The van der Waals surface area contributed by atoms with Crippen molar-refractivity contribution in [1.82, 2.24) is 0 Å². The first-order valence-corrected chi connectivity index (χ1v) is 3.46. The number of carbonyl (C=O) groups is 1. The monoisotopic (exact) mass is 170 g/mol. The molecule has 0 radical (unpaired) electrons. The third-order valence-electron chi connectivity index (χ3n) is 1.53. The van der Waals surface area contributed by atoms with Crippen molar-refractivity contribution < 1.29 is 19.1 Å². The van der Waals surface area contributed by atoms with E-state index < -0.39 is 5.97 Å². The Morgan fingerprint density at radius 2 is 2.42 bits per heavy atom. The van der Waals surface area contributed by atoms with E-state index in [1.54, 1.807) is 14.0 Å². The maximum atomic E-state index is 10.4. The summed E-state index contributed by atoms with van der Waals surface area (Å²) in [6.07, 6.45) is 0. The van der Waals surface area contributed by atoms with Crippen molar-refractivity contribution in [3.63, 3.8) is 0 Å². The summed E-state index contributed by atoms with van der Waals surface area (Å²) < 4.78 is 9.80. The quantitative estimate of drug-likeness (QED) is 0.745. The second-order valence-electron chi connectivity index (χ2n) is 2.43. The number of hydrogen-bond donors (Lipinski definition) is 1. The molecule has 1 N–H and O–H groups in total. The first-order chi connectivity index (χ1) is 5.65. The SMILES string of the molecule is COCc1cc(C(=O)O)oc1C. The molecule has 1 aromatic rings. The van der Waals surface area contributed by atoms with E-state index in [1.165, 1.54) is 6.07 Å². The van der Waals surface area contributed by atoms with Gasteiger partial charge in [0.2, 0.25) is 5.76 Å². The molecule has 0 atom stereocenters. The van der Waals surface area contributed by atoms with Gasteiger partial charge in [0.25, 0.3) is 0 Å². The van der Waals surface area contributed by atoms with Gasteiger partial charge in [-0.1, -0.05) is 0 Å². The van der Waals surface area contributed by atoms with Gasteiger partial charge in [0.05, 0.1) is 6.61 Å². The fourth-order valence-corrected chi connectivity index (χ4v) is 0.924. The number of hydrogen-bond acceptors (Lipinski definition) is 3. The predicted octanol–water partition coefficient (Wildman–Crippen LogP) is 1.43. The molecule has 1 heterocycles. The topological polar surface area (TPSA) is 59.7 Å². The highest BCUT2D eigenvalue weighted by molar-refractivity contribution is 5.84. The van der Waals surface area contributed by atoms with Gasteiger partial charge in [0.1, 0.15) is 5.76 Å². The molecule has 0 fully saturated rings. The Labute approximate surface area is 69.8 Å². The van der Waals surface area contributed by atoms with E-state index in [-0.39, 0.29) is 5.76 Å². The minimum absolute atomic E-state index is 0.0421. The van der Waals surface area contributed by atoms with Crippen LogP contribution in [0.1, 0.15) is 21.9 Å². The molecule has 0 spiro atoms. The van der Waals surface area contributed by atoms with E-state index >= 15 is 0 Å². The average molecular weight is 170 g/mol. The summed E-state index contributed by atoms with van der Waals surface area (Å²) in [5, 5.41) is 8.56. The highest BCUT2D eigenvalue weighted by atomic mass is 16.5. The number of rotatable bonds is 3. The maximum absolute atomic E-state index is 10.4. The summed E-state index contributed by atoms with van der Waals surface area (Å²) in [6, 6.07) is 1.47. The lowest BCUT2D eigenvalue weighted by molar-refractivity contribution is 0.0661. The van der Waals surface area contributed by atoms with Gasteiger partial charge < -0.3 is 14.3 Å². The smallest absolute Gasteiger partial charge is 0.371 e. The molecular formula is C8H10O4. The average Bonchev–Trinajstić information content (AvgIpc) is 2.34. The minimum Gasteiger partial charge on any atom is -0.475 e. The number of ether oxygens (including phenoxy) is 1. The first kappa shape index (κ1) is 8.80. The molecule has 12 heavy (non-hydrogen) atoms. The molecule has 0 aliphatic heterocycles. The minimum atomic E-state index is -1.06. The molecule has 0 aliphatic rings. The molecule has 0 saturated heterocycles. The molecule has 0 unspecified atom stereocenters. The highest BCUT2D eigenvalue weighted by Gasteiger charge is 2.12. The number of methoxy groups -OCH3 is 1. The first-order valence-electron chi connectivity index (χ1n) is 3.46. The second-order valence-corrected chi connectivity index (χ2v) is 2.43. The Balaban J connectivity index is 2.92. The number of aryl methyl sites for hydroxylation is 1. The second kappa shape index (κ2) is 3.40. The van der Waals surface area contributed by atoms with Crippen LogP contribution in [0.5, 0.6) is 0 Å². The molecule has 0 aliphatic carbocycles. The lowest BCUT2D eigenvalue weighted by atomic mass is 10.2. The van der Waals surface area contributed by atoms with Crippen LogP contribution in [-0.4, -0.2) is 18.2 Å². The van der Waals surface area contributed by atoms with Gasteiger partial charge in [0, 0.05) is 12.7 Å². The van der Waals surface area contributed by atoms with Gasteiger partial charge in [-0.2, -0.15) is 0 Å². The zero-order valence-corrected chi connectivity index (χ0v) is 6.96. The zero-order chi connectivity index (χ0) is 9.14. The molecule has 4 heteroatoms. The molecule has 0 aromatic carbocycles. The van der Waals surface area contributed by atoms with E-state index in [0.717, 1.165) is 5.56 Å². The van der Waals surface area contributed by atoms with E-state index in [1.807, 2.05) is 0 Å². The van der Waals surface area contributed by atoms with E-state index in [2.05, 4.69) is 0 Å². The van der Waals surface area contributed by atoms with Gasteiger partial charge in [-0.25, -0.2) is 4.79 Å². The molecule has 0 saturated carbocycles. The van der Waals surface area contributed by atoms with Crippen molar-refractivity contribution in [3.05, 3.63) is 23.2 Å². The Morgan fingerprint density at radius 3 is 2.83 bits per heavy atom. The van der Waals surface area contributed by atoms with Crippen LogP contribution in [0.2, 0.25) is 0 Å². The largest absolute Gasteiger partial charge is 0.475 e. The van der Waals surface area contributed by atoms with E-state index in [0.29, 0.717) is 12.4 Å². The van der Waals surface area contributed by atoms with Crippen LogP contribution in [0.25, 0.3) is 0 Å². The van der Waals surface area contributed by atoms with E-state index in [4.69, 9.17) is 14.3 Å². The Bertz CT molecular complexity index is 287. The summed E-state index contributed by atoms with van der Waals surface area (Å²) in [5.41, 5.74) is 0.773. The molecule has 0 amide bonds. The third kappa shape index (κ3) is 1.65. The van der Waals surface area contributed by atoms with Crippen LogP contribution in [0, 0.1) is 6.92 Å². The Hall–Kier alpha value is -1.29. The highest BCUT2D eigenvalue weighted by Crippen LogP contribution is 2.14. The lowest BCUT2D eigenvalue weighted by Gasteiger charge is -1.92. The summed E-state index contributed by atoms with van der Waals surface area (Å²) in [5.74, 6) is -0.505. The number of aromatic carboxylic acids is 1. The van der Waals surface area contributed by atoms with Crippen molar-refractivity contribution in [2.45, 2.75) is 13.5 Å². The standard InChI is InChI=1S/C8H10O4/c1-5-6(4-11-2)3-7(12-5)8(9)10/h3H,4H2,1-2H3,(H,9,10). The van der Waals surface area contributed by atoms with Crippen LogP contribution in [0.3, 0.4) is 0 Å². The van der Waals surface area contributed by atoms with E-state index in [9.17, 15) is 4.79 Å². The van der Waals surface area contributed by atoms with Crippen molar-refractivity contribution in [1.29, 1.82) is 0 Å². The molecule has 1 rings (SSSR count). The molecule has 66 valence electrons. The van der Waals surface area contributed by atoms with Crippen molar-refractivity contribution in [2.24, 2.45) is 0 Å². The van der Waals surface area contributed by atoms with Crippen molar-refractivity contribution in [2.75, 3.05) is 7.11 Å². The predicted molar refractivity (Wildman–Crippen MR) is 41.1 cm³/mol. The number of furan rings is 1. The fourth-order valence-electron chi connectivity index (χ4n) is 0.924. The van der Waals surface area contributed by atoms with Gasteiger partial charge in [-0.3, -0.25) is 0 Å². The zero-order valence-electron chi connectivity index (χ0n) is 6.96. The van der Waals surface area contributed by atoms with Gasteiger partial charge in [0.15, 0.2) is 0 Å². The Kier molecular flexibility index (Phi) is 2.50. The molecule has 0 bridgehead atoms. The summed E-state index contributed by atoms with van der Waals surface area (Å²) >= 11 is 0. The lowest BCUT2D eigenvalue weighted by Crippen LogP contribution is -1.92. The molecule has 1 aromatic heterocycles.